The van der Waals surface area contributed by atoms with Crippen LogP contribution in [0.4, 0.5) is 11.4 Å². The van der Waals surface area contributed by atoms with E-state index in [0.29, 0.717) is 24.6 Å². The van der Waals surface area contributed by atoms with Crippen molar-refractivity contribution in [2.45, 2.75) is 38.6 Å². The monoisotopic (exact) mass is 450 g/mol. The number of hydrogen-bond acceptors (Lipinski definition) is 5. The van der Waals surface area contributed by atoms with Crippen molar-refractivity contribution in [2.75, 3.05) is 50.1 Å². The van der Waals surface area contributed by atoms with Crippen LogP contribution in [0.3, 0.4) is 0 Å². The van der Waals surface area contributed by atoms with E-state index < -0.39 is 11.8 Å². The molecule has 0 saturated carbocycles. The highest BCUT2D eigenvalue weighted by Gasteiger charge is 2.26. The first-order chi connectivity index (χ1) is 16.1. The number of para-hydroxylation sites is 2. The topological polar surface area (TPSA) is 73.9 Å². The van der Waals surface area contributed by atoms with Gasteiger partial charge >= 0.3 is 11.8 Å². The fourth-order valence-corrected chi connectivity index (χ4v) is 4.78. The number of ether oxygens (including phenoxy) is 1. The van der Waals surface area contributed by atoms with Crippen LogP contribution in [0.25, 0.3) is 0 Å². The number of nitrogens with zero attached hydrogens (tertiary/aromatic N) is 2. The summed E-state index contributed by atoms with van der Waals surface area (Å²) >= 11 is 0. The van der Waals surface area contributed by atoms with Gasteiger partial charge in [-0.3, -0.25) is 14.5 Å². The first-order valence-corrected chi connectivity index (χ1v) is 12.0. The van der Waals surface area contributed by atoms with Crippen molar-refractivity contribution in [1.82, 2.24) is 10.2 Å². The van der Waals surface area contributed by atoms with E-state index in [2.05, 4.69) is 45.7 Å². The number of anilines is 2. The Kier molecular flexibility index (Phi) is 7.50. The predicted molar refractivity (Wildman–Crippen MR) is 131 cm³/mol. The Morgan fingerprint density at radius 2 is 1.82 bits per heavy atom. The Hall–Kier alpha value is -3.06. The summed E-state index contributed by atoms with van der Waals surface area (Å²) in [5.74, 6) is -0.769. The molecule has 0 bridgehead atoms. The summed E-state index contributed by atoms with van der Waals surface area (Å²) in [6.07, 6.45) is 4.60. The van der Waals surface area contributed by atoms with Gasteiger partial charge in [0, 0.05) is 25.8 Å². The SMILES string of the molecule is CCOc1ccccc1NC(=O)C(=O)NCC(c1ccc2c(c1)CCN2C)N1CCCCC1. The molecule has 2 aliphatic rings. The van der Waals surface area contributed by atoms with Crippen molar-refractivity contribution >= 4 is 23.2 Å². The summed E-state index contributed by atoms with van der Waals surface area (Å²) in [6, 6.07) is 13.8. The van der Waals surface area contributed by atoms with Crippen LogP contribution in [-0.2, 0) is 16.0 Å². The third kappa shape index (κ3) is 5.47. The average Bonchev–Trinajstić information content (AvgIpc) is 3.21. The molecule has 0 spiro atoms. The smallest absolute Gasteiger partial charge is 0.313 e. The van der Waals surface area contributed by atoms with Gasteiger partial charge in [-0.05, 0) is 68.6 Å². The number of fused-ring (bicyclic) bond motifs is 1. The zero-order chi connectivity index (χ0) is 23.2. The highest BCUT2D eigenvalue weighted by molar-refractivity contribution is 6.39. The molecule has 2 amide bonds. The summed E-state index contributed by atoms with van der Waals surface area (Å²) in [6.45, 7) is 5.80. The Balaban J connectivity index is 1.44. The number of rotatable bonds is 7. The van der Waals surface area contributed by atoms with Gasteiger partial charge in [-0.1, -0.05) is 30.7 Å². The fraction of sp³-hybridized carbons (Fsp3) is 0.462. The maximum atomic E-state index is 12.7. The Bertz CT molecular complexity index is 987. The minimum absolute atomic E-state index is 0.0500. The number of likely N-dealkylation sites (N-methyl/N-ethyl adjacent to an activating group) is 1. The molecular formula is C26H34N4O3. The van der Waals surface area contributed by atoms with E-state index in [1.807, 2.05) is 13.0 Å². The van der Waals surface area contributed by atoms with Crippen LogP contribution < -0.4 is 20.3 Å². The molecule has 7 heteroatoms. The number of benzene rings is 2. The summed E-state index contributed by atoms with van der Waals surface area (Å²) in [4.78, 5) is 30.0. The lowest BCUT2D eigenvalue weighted by Crippen LogP contribution is -2.43. The number of piperidine rings is 1. The predicted octanol–water partition coefficient (Wildman–Crippen LogP) is 3.36. The van der Waals surface area contributed by atoms with Crippen molar-refractivity contribution in [3.63, 3.8) is 0 Å². The standard InChI is InChI=1S/C26H34N4O3/c1-3-33-24-10-6-5-9-21(24)28-26(32)25(31)27-18-23(30-14-7-4-8-15-30)19-11-12-22-20(17-19)13-16-29(22)2/h5-6,9-12,17,23H,3-4,7-8,13-16,18H2,1-2H3,(H,27,31)(H,28,32). The maximum absolute atomic E-state index is 12.7. The molecule has 2 aromatic rings. The molecule has 1 saturated heterocycles. The fourth-order valence-electron chi connectivity index (χ4n) is 4.78. The first-order valence-electron chi connectivity index (χ1n) is 12.0. The quantitative estimate of drug-likeness (QED) is 0.633. The highest BCUT2D eigenvalue weighted by atomic mass is 16.5. The molecule has 4 rings (SSSR count). The van der Waals surface area contributed by atoms with Crippen LogP contribution in [0.1, 0.15) is 43.4 Å². The van der Waals surface area contributed by atoms with Crippen LogP contribution in [0.15, 0.2) is 42.5 Å². The van der Waals surface area contributed by atoms with Crippen LogP contribution in [-0.4, -0.2) is 56.5 Å². The molecule has 2 N–H and O–H groups in total. The van der Waals surface area contributed by atoms with Crippen LogP contribution in [0.5, 0.6) is 5.75 Å². The molecule has 1 atom stereocenters. The second-order valence-electron chi connectivity index (χ2n) is 8.77. The van der Waals surface area contributed by atoms with E-state index in [0.717, 1.165) is 38.9 Å². The first kappa shape index (κ1) is 23.1. The number of carbonyl (C=O) groups is 2. The van der Waals surface area contributed by atoms with Gasteiger partial charge < -0.3 is 20.3 Å². The van der Waals surface area contributed by atoms with Gasteiger partial charge in [0.15, 0.2) is 0 Å². The summed E-state index contributed by atoms with van der Waals surface area (Å²) < 4.78 is 5.54. The molecule has 33 heavy (non-hydrogen) atoms. The molecule has 0 radical (unpaired) electrons. The second-order valence-corrected chi connectivity index (χ2v) is 8.77. The van der Waals surface area contributed by atoms with Gasteiger partial charge in [0.25, 0.3) is 0 Å². The third-order valence-electron chi connectivity index (χ3n) is 6.54. The Labute approximate surface area is 196 Å². The van der Waals surface area contributed by atoms with Gasteiger partial charge in [0.05, 0.1) is 18.3 Å². The number of likely N-dealkylation sites (tertiary alicyclic amines) is 1. The molecule has 2 heterocycles. The van der Waals surface area contributed by atoms with E-state index >= 15 is 0 Å². The molecule has 1 fully saturated rings. The molecule has 0 aromatic heterocycles. The molecule has 0 aliphatic carbocycles. The lowest BCUT2D eigenvalue weighted by atomic mass is 9.98. The minimum atomic E-state index is -0.685. The van der Waals surface area contributed by atoms with E-state index in [4.69, 9.17) is 4.74 Å². The summed E-state index contributed by atoms with van der Waals surface area (Å²) in [5.41, 5.74) is 4.34. The average molecular weight is 451 g/mol. The number of carbonyl (C=O) groups excluding carboxylic acids is 2. The number of nitrogens with one attached hydrogen (secondary N) is 2. The normalized spacial score (nSPS) is 16.7. The lowest BCUT2D eigenvalue weighted by molar-refractivity contribution is -0.136. The minimum Gasteiger partial charge on any atom is -0.492 e. The van der Waals surface area contributed by atoms with Gasteiger partial charge in [0.2, 0.25) is 0 Å². The third-order valence-corrected chi connectivity index (χ3v) is 6.54. The van der Waals surface area contributed by atoms with Crippen LogP contribution in [0.2, 0.25) is 0 Å². The summed E-state index contributed by atoms with van der Waals surface area (Å²) in [5, 5.41) is 5.56. The van der Waals surface area contributed by atoms with Gasteiger partial charge in [-0.2, -0.15) is 0 Å². The highest BCUT2D eigenvalue weighted by Crippen LogP contribution is 2.32. The summed E-state index contributed by atoms with van der Waals surface area (Å²) in [7, 11) is 2.12. The molecule has 2 aliphatic heterocycles. The van der Waals surface area contributed by atoms with Crippen molar-refractivity contribution in [3.8, 4) is 5.75 Å². The lowest BCUT2D eigenvalue weighted by Gasteiger charge is -2.35. The van der Waals surface area contributed by atoms with Crippen LogP contribution in [0, 0.1) is 0 Å². The van der Waals surface area contributed by atoms with Gasteiger partial charge in [-0.25, -0.2) is 0 Å². The van der Waals surface area contributed by atoms with Crippen molar-refractivity contribution < 1.29 is 14.3 Å². The Morgan fingerprint density at radius 3 is 2.61 bits per heavy atom. The van der Waals surface area contributed by atoms with Crippen molar-refractivity contribution in [1.29, 1.82) is 0 Å². The van der Waals surface area contributed by atoms with E-state index in [1.165, 1.54) is 23.2 Å². The van der Waals surface area contributed by atoms with Crippen molar-refractivity contribution in [3.05, 3.63) is 53.6 Å². The van der Waals surface area contributed by atoms with E-state index in [-0.39, 0.29) is 6.04 Å². The molecule has 7 nitrogen and oxygen atoms in total. The van der Waals surface area contributed by atoms with Gasteiger partial charge in [-0.15, -0.1) is 0 Å². The number of amides is 2. The Morgan fingerprint density at radius 1 is 1.03 bits per heavy atom. The van der Waals surface area contributed by atoms with E-state index in [9.17, 15) is 9.59 Å². The maximum Gasteiger partial charge on any atom is 0.313 e. The largest absolute Gasteiger partial charge is 0.492 e. The number of hydrogen-bond donors (Lipinski definition) is 2. The zero-order valence-electron chi connectivity index (χ0n) is 19.6. The second kappa shape index (κ2) is 10.7. The van der Waals surface area contributed by atoms with Crippen molar-refractivity contribution in [2.24, 2.45) is 0 Å². The zero-order valence-corrected chi connectivity index (χ0v) is 19.6. The molecule has 2 aromatic carbocycles. The van der Waals surface area contributed by atoms with E-state index in [1.54, 1.807) is 18.2 Å². The van der Waals surface area contributed by atoms with Crippen LogP contribution >= 0.6 is 0 Å². The van der Waals surface area contributed by atoms with Gasteiger partial charge in [0.1, 0.15) is 5.75 Å². The molecular weight excluding hydrogens is 416 g/mol. The molecule has 1 unspecified atom stereocenters. The molecule has 176 valence electrons.